The van der Waals surface area contributed by atoms with Gasteiger partial charge in [0.15, 0.2) is 0 Å². The molecule has 0 aromatic heterocycles. The van der Waals surface area contributed by atoms with E-state index in [-0.39, 0.29) is 4.90 Å². The first-order chi connectivity index (χ1) is 11.0. The first kappa shape index (κ1) is 15.6. The molecule has 0 unspecified atom stereocenters. The molecule has 0 heterocycles. The summed E-state index contributed by atoms with van der Waals surface area (Å²) in [4.78, 5) is 0.0472. The molecule has 0 aliphatic carbocycles. The first-order valence-electron chi connectivity index (χ1n) is 7.23. The highest BCUT2D eigenvalue weighted by atomic mass is 32.2. The lowest BCUT2D eigenvalue weighted by Crippen LogP contribution is -2.27. The summed E-state index contributed by atoms with van der Waals surface area (Å²) in [6.45, 7) is 1.79. The van der Waals surface area contributed by atoms with Crippen LogP contribution in [0.5, 0.6) is 0 Å². The molecule has 3 aromatic carbocycles. The monoisotopic (exact) mass is 329 g/mol. The first-order valence-corrected chi connectivity index (χ1v) is 8.71. The van der Waals surface area contributed by atoms with Crippen LogP contribution in [-0.2, 0) is 10.0 Å². The van der Waals surface area contributed by atoms with Crippen molar-refractivity contribution in [2.45, 2.75) is 17.9 Å². The average molecular weight is 329 g/mol. The van der Waals surface area contributed by atoms with Gasteiger partial charge in [0, 0.05) is 6.04 Å². The van der Waals surface area contributed by atoms with E-state index in [0.29, 0.717) is 0 Å². The van der Waals surface area contributed by atoms with Crippen LogP contribution in [0.1, 0.15) is 18.5 Å². The van der Waals surface area contributed by atoms with Gasteiger partial charge in [-0.3, -0.25) is 0 Å². The zero-order valence-electron chi connectivity index (χ0n) is 12.5. The Hall–Kier alpha value is -2.24. The summed E-state index contributed by atoms with van der Waals surface area (Å²) in [7, 11) is -3.71. The number of hydrogen-bond donors (Lipinski definition) is 1. The van der Waals surface area contributed by atoms with E-state index in [0.717, 1.165) is 28.5 Å². The minimum Gasteiger partial charge on any atom is -0.207 e. The summed E-state index contributed by atoms with van der Waals surface area (Å²) in [5, 5.41) is 2.06. The highest BCUT2D eigenvalue weighted by molar-refractivity contribution is 7.89. The minimum absolute atomic E-state index is 0.0472. The molecule has 3 aromatic rings. The minimum atomic E-state index is -3.71. The van der Waals surface area contributed by atoms with Crippen molar-refractivity contribution < 1.29 is 12.8 Å². The van der Waals surface area contributed by atoms with Gasteiger partial charge in [0.05, 0.1) is 4.90 Å². The molecule has 3 rings (SSSR count). The number of benzene rings is 3. The molecule has 0 saturated carbocycles. The molecule has 0 fully saturated rings. The number of fused-ring (bicyclic) bond motifs is 1. The predicted octanol–water partition coefficient (Wildman–Crippen LogP) is 4.02. The van der Waals surface area contributed by atoms with Crippen molar-refractivity contribution in [1.82, 2.24) is 4.72 Å². The molecule has 0 radical (unpaired) electrons. The number of sulfonamides is 1. The third kappa shape index (κ3) is 3.25. The topological polar surface area (TPSA) is 46.2 Å². The molecule has 0 aliphatic heterocycles. The van der Waals surface area contributed by atoms with Gasteiger partial charge in [-0.2, -0.15) is 0 Å². The molecular weight excluding hydrogens is 313 g/mol. The van der Waals surface area contributed by atoms with Gasteiger partial charge in [-0.25, -0.2) is 17.5 Å². The lowest BCUT2D eigenvalue weighted by atomic mass is 10.0. The van der Waals surface area contributed by atoms with Gasteiger partial charge in [-0.15, -0.1) is 0 Å². The molecule has 0 spiro atoms. The van der Waals surface area contributed by atoms with E-state index in [4.69, 9.17) is 0 Å². The van der Waals surface area contributed by atoms with Gasteiger partial charge in [-0.1, -0.05) is 42.5 Å². The van der Waals surface area contributed by atoms with E-state index in [2.05, 4.69) is 4.72 Å². The molecular formula is C18H16FNO2S. The Bertz CT molecular complexity index is 931. The average Bonchev–Trinajstić information content (AvgIpc) is 2.54. The fourth-order valence-corrected chi connectivity index (χ4v) is 3.83. The fraction of sp³-hybridized carbons (Fsp3) is 0.111. The van der Waals surface area contributed by atoms with Gasteiger partial charge >= 0.3 is 0 Å². The second-order valence-corrected chi connectivity index (χ2v) is 7.08. The Labute approximate surface area is 134 Å². The smallest absolute Gasteiger partial charge is 0.207 e. The Morgan fingerprint density at radius 1 is 0.913 bits per heavy atom. The third-order valence-electron chi connectivity index (χ3n) is 3.75. The Morgan fingerprint density at radius 2 is 1.57 bits per heavy atom. The molecule has 0 aliphatic rings. The predicted molar refractivity (Wildman–Crippen MR) is 89.1 cm³/mol. The van der Waals surface area contributed by atoms with Crippen LogP contribution in [0.15, 0.2) is 71.6 Å². The molecule has 23 heavy (non-hydrogen) atoms. The van der Waals surface area contributed by atoms with Gasteiger partial charge < -0.3 is 0 Å². The van der Waals surface area contributed by atoms with E-state index in [1.807, 2.05) is 42.5 Å². The lowest BCUT2D eigenvalue weighted by Gasteiger charge is -2.17. The van der Waals surface area contributed by atoms with E-state index in [1.165, 1.54) is 12.1 Å². The molecule has 1 N–H and O–H groups in total. The summed E-state index contributed by atoms with van der Waals surface area (Å²) in [6.07, 6.45) is 0. The second-order valence-electron chi connectivity index (χ2n) is 5.37. The largest absolute Gasteiger partial charge is 0.241 e. The molecule has 118 valence electrons. The summed E-state index contributed by atoms with van der Waals surface area (Å²) in [6, 6.07) is 18.0. The molecule has 0 amide bonds. The van der Waals surface area contributed by atoms with Crippen LogP contribution in [0.25, 0.3) is 10.8 Å². The standard InChI is InChI=1S/C18H16FNO2S/c1-13(17-8-4-6-14-5-2-3-7-18(14)17)20-23(21,22)16-11-9-15(19)10-12-16/h2-13,20H,1H3/t13-/m1/s1. The number of hydrogen-bond acceptors (Lipinski definition) is 2. The summed E-state index contributed by atoms with van der Waals surface area (Å²) in [5.74, 6) is -0.467. The molecule has 5 heteroatoms. The Kier molecular flexibility index (Phi) is 4.15. The van der Waals surface area contributed by atoms with Crippen LogP contribution in [0.3, 0.4) is 0 Å². The number of rotatable bonds is 4. The SMILES string of the molecule is C[C@@H](NS(=O)(=O)c1ccc(F)cc1)c1cccc2ccccc12. The molecule has 1 atom stereocenters. The normalized spacial score (nSPS) is 13.1. The van der Waals surface area contributed by atoms with Gasteiger partial charge in [0.1, 0.15) is 5.82 Å². The highest BCUT2D eigenvalue weighted by Crippen LogP contribution is 2.25. The van der Waals surface area contributed by atoms with Crippen LogP contribution in [0.2, 0.25) is 0 Å². The van der Waals surface area contributed by atoms with E-state index < -0.39 is 21.9 Å². The molecule has 3 nitrogen and oxygen atoms in total. The van der Waals surface area contributed by atoms with Crippen LogP contribution in [0, 0.1) is 5.82 Å². The highest BCUT2D eigenvalue weighted by Gasteiger charge is 2.19. The van der Waals surface area contributed by atoms with E-state index in [9.17, 15) is 12.8 Å². The summed E-state index contributed by atoms with van der Waals surface area (Å²) in [5.41, 5.74) is 0.897. The lowest BCUT2D eigenvalue weighted by molar-refractivity contribution is 0.567. The van der Waals surface area contributed by atoms with Crippen molar-refractivity contribution in [1.29, 1.82) is 0 Å². The summed E-state index contributed by atoms with van der Waals surface area (Å²) < 4.78 is 40.5. The van der Waals surface area contributed by atoms with Gasteiger partial charge in [-0.05, 0) is 47.5 Å². The Morgan fingerprint density at radius 3 is 2.30 bits per heavy atom. The van der Waals surface area contributed by atoms with Gasteiger partial charge in [0.25, 0.3) is 0 Å². The van der Waals surface area contributed by atoms with Crippen LogP contribution in [-0.4, -0.2) is 8.42 Å². The molecule has 0 saturated heterocycles. The maximum atomic E-state index is 13.0. The number of halogens is 1. The van der Waals surface area contributed by atoms with Crippen LogP contribution >= 0.6 is 0 Å². The van der Waals surface area contributed by atoms with Crippen molar-refractivity contribution in [3.8, 4) is 0 Å². The van der Waals surface area contributed by atoms with E-state index in [1.54, 1.807) is 6.92 Å². The van der Waals surface area contributed by atoms with Crippen molar-refractivity contribution in [2.24, 2.45) is 0 Å². The van der Waals surface area contributed by atoms with Crippen molar-refractivity contribution >= 4 is 20.8 Å². The maximum Gasteiger partial charge on any atom is 0.241 e. The maximum absolute atomic E-state index is 13.0. The third-order valence-corrected chi connectivity index (χ3v) is 5.30. The van der Waals surface area contributed by atoms with E-state index >= 15 is 0 Å². The zero-order valence-corrected chi connectivity index (χ0v) is 13.3. The van der Waals surface area contributed by atoms with Crippen molar-refractivity contribution in [2.75, 3.05) is 0 Å². The summed E-state index contributed by atoms with van der Waals surface area (Å²) >= 11 is 0. The number of nitrogens with one attached hydrogen (secondary N) is 1. The van der Waals surface area contributed by atoms with Crippen LogP contribution in [0.4, 0.5) is 4.39 Å². The Balaban J connectivity index is 1.94. The van der Waals surface area contributed by atoms with Crippen molar-refractivity contribution in [3.63, 3.8) is 0 Å². The van der Waals surface area contributed by atoms with Gasteiger partial charge in [0.2, 0.25) is 10.0 Å². The fourth-order valence-electron chi connectivity index (χ4n) is 2.61. The quantitative estimate of drug-likeness (QED) is 0.786. The van der Waals surface area contributed by atoms with Crippen molar-refractivity contribution in [3.05, 3.63) is 78.1 Å². The second kappa shape index (κ2) is 6.10. The molecule has 0 bridgehead atoms. The van der Waals surface area contributed by atoms with Crippen LogP contribution < -0.4 is 4.72 Å². The zero-order chi connectivity index (χ0) is 16.4.